The second kappa shape index (κ2) is 4.37. The third kappa shape index (κ3) is 2.10. The lowest BCUT2D eigenvalue weighted by Crippen LogP contribution is -2.01. The summed E-state index contributed by atoms with van der Waals surface area (Å²) in [5.74, 6) is 0.801. The fraction of sp³-hybridized carbons (Fsp3) is 0.0769. The van der Waals surface area contributed by atoms with Crippen LogP contribution in [0.15, 0.2) is 47.2 Å². The van der Waals surface area contributed by atoms with Crippen molar-refractivity contribution in [1.82, 2.24) is 10.1 Å². The molecule has 0 unspecified atom stereocenters. The summed E-state index contributed by atoms with van der Waals surface area (Å²) in [6, 6.07) is 11.4. The molecule has 0 amide bonds. The van der Waals surface area contributed by atoms with Gasteiger partial charge in [0, 0.05) is 17.1 Å². The van der Waals surface area contributed by atoms with Crippen molar-refractivity contribution in [2.45, 2.75) is 6.54 Å². The van der Waals surface area contributed by atoms with Crippen molar-refractivity contribution >= 4 is 22.4 Å². The van der Waals surface area contributed by atoms with Crippen LogP contribution in [0.2, 0.25) is 0 Å². The molecule has 0 aliphatic carbocycles. The minimum Gasteiger partial charge on any atom is -0.399 e. The molecule has 0 bridgehead atoms. The van der Waals surface area contributed by atoms with Gasteiger partial charge >= 0.3 is 0 Å². The van der Waals surface area contributed by atoms with Crippen molar-refractivity contribution in [1.29, 1.82) is 0 Å². The first kappa shape index (κ1) is 10.6. The first-order valence-electron chi connectivity index (χ1n) is 5.61. The van der Waals surface area contributed by atoms with E-state index in [2.05, 4.69) is 15.5 Å². The fourth-order valence-electron chi connectivity index (χ4n) is 1.75. The molecule has 0 aliphatic rings. The molecular formula is C13H12N4O. The Morgan fingerprint density at radius 2 is 2.11 bits per heavy atom. The van der Waals surface area contributed by atoms with E-state index in [1.54, 1.807) is 6.26 Å². The molecule has 18 heavy (non-hydrogen) atoms. The molecule has 2 heterocycles. The second-order valence-corrected chi connectivity index (χ2v) is 3.99. The monoisotopic (exact) mass is 240 g/mol. The maximum Gasteiger partial charge on any atom is 0.126 e. The zero-order chi connectivity index (χ0) is 12.4. The Labute approximate surface area is 104 Å². The molecule has 0 saturated heterocycles. The topological polar surface area (TPSA) is 77.0 Å². The summed E-state index contributed by atoms with van der Waals surface area (Å²) >= 11 is 0. The average molecular weight is 240 g/mol. The third-order valence-corrected chi connectivity index (χ3v) is 2.66. The van der Waals surface area contributed by atoms with Gasteiger partial charge in [0.1, 0.15) is 17.8 Å². The van der Waals surface area contributed by atoms with Gasteiger partial charge in [-0.3, -0.25) is 0 Å². The number of hydrogen-bond donors (Lipinski definition) is 2. The smallest absolute Gasteiger partial charge is 0.126 e. The zero-order valence-electron chi connectivity index (χ0n) is 9.63. The standard InChI is InChI=1S/C13H12N4O/c14-10-2-3-12-9(7-10)1-4-13(16-12)15-8-11-5-6-18-17-11/h1-7H,8,14H2,(H,15,16). The van der Waals surface area contributed by atoms with E-state index in [1.807, 2.05) is 36.4 Å². The van der Waals surface area contributed by atoms with Crippen LogP contribution in [0.1, 0.15) is 5.69 Å². The molecule has 0 atom stereocenters. The molecular weight excluding hydrogens is 228 g/mol. The number of nitrogens with zero attached hydrogens (tertiary/aromatic N) is 2. The van der Waals surface area contributed by atoms with Crippen molar-refractivity contribution in [3.63, 3.8) is 0 Å². The van der Waals surface area contributed by atoms with Crippen LogP contribution in [-0.4, -0.2) is 10.1 Å². The van der Waals surface area contributed by atoms with Gasteiger partial charge < -0.3 is 15.6 Å². The third-order valence-electron chi connectivity index (χ3n) is 2.66. The maximum absolute atomic E-state index is 5.72. The van der Waals surface area contributed by atoms with Gasteiger partial charge in [0.15, 0.2) is 0 Å². The largest absolute Gasteiger partial charge is 0.399 e. The van der Waals surface area contributed by atoms with E-state index < -0.39 is 0 Å². The molecule has 3 rings (SSSR count). The highest BCUT2D eigenvalue weighted by Gasteiger charge is 2.00. The first-order chi connectivity index (χ1) is 8.81. The van der Waals surface area contributed by atoms with Crippen molar-refractivity contribution < 1.29 is 4.52 Å². The fourth-order valence-corrected chi connectivity index (χ4v) is 1.75. The first-order valence-corrected chi connectivity index (χ1v) is 5.61. The van der Waals surface area contributed by atoms with Gasteiger partial charge in [0.05, 0.1) is 12.1 Å². The zero-order valence-corrected chi connectivity index (χ0v) is 9.63. The van der Waals surface area contributed by atoms with Crippen LogP contribution in [0.3, 0.4) is 0 Å². The maximum atomic E-state index is 5.72. The lowest BCUT2D eigenvalue weighted by Gasteiger charge is -2.05. The van der Waals surface area contributed by atoms with Gasteiger partial charge in [-0.05, 0) is 30.3 Å². The number of nitrogens with one attached hydrogen (secondary N) is 1. The lowest BCUT2D eigenvalue weighted by atomic mass is 10.2. The van der Waals surface area contributed by atoms with E-state index >= 15 is 0 Å². The number of hydrogen-bond acceptors (Lipinski definition) is 5. The predicted molar refractivity (Wildman–Crippen MR) is 70.0 cm³/mol. The Morgan fingerprint density at radius 3 is 2.94 bits per heavy atom. The van der Waals surface area contributed by atoms with Crippen LogP contribution < -0.4 is 11.1 Å². The Morgan fingerprint density at radius 1 is 1.17 bits per heavy atom. The lowest BCUT2D eigenvalue weighted by molar-refractivity contribution is 0.412. The van der Waals surface area contributed by atoms with Gasteiger partial charge in [0.25, 0.3) is 0 Å². The van der Waals surface area contributed by atoms with E-state index in [0.717, 1.165) is 28.1 Å². The molecule has 2 aromatic heterocycles. The highest BCUT2D eigenvalue weighted by Crippen LogP contribution is 2.18. The van der Waals surface area contributed by atoms with E-state index in [-0.39, 0.29) is 0 Å². The molecule has 0 spiro atoms. The van der Waals surface area contributed by atoms with Crippen molar-refractivity contribution in [2.75, 3.05) is 11.1 Å². The molecule has 3 N–H and O–H groups in total. The quantitative estimate of drug-likeness (QED) is 0.687. The van der Waals surface area contributed by atoms with Gasteiger partial charge in [-0.25, -0.2) is 4.98 Å². The minimum absolute atomic E-state index is 0.587. The molecule has 0 radical (unpaired) electrons. The van der Waals surface area contributed by atoms with Crippen molar-refractivity contribution in [3.05, 3.63) is 48.4 Å². The number of nitrogens with two attached hydrogens (primary N) is 1. The van der Waals surface area contributed by atoms with E-state index in [1.165, 1.54) is 0 Å². The molecule has 3 aromatic rings. The van der Waals surface area contributed by atoms with Crippen LogP contribution in [-0.2, 0) is 6.54 Å². The number of aromatic nitrogens is 2. The Balaban J connectivity index is 1.82. The van der Waals surface area contributed by atoms with Crippen LogP contribution >= 0.6 is 0 Å². The molecule has 0 aliphatic heterocycles. The van der Waals surface area contributed by atoms with Gasteiger partial charge in [-0.2, -0.15) is 0 Å². The summed E-state index contributed by atoms with van der Waals surface area (Å²) in [4.78, 5) is 4.49. The predicted octanol–water partition coefficient (Wildman–Crippen LogP) is 2.42. The molecule has 5 heteroatoms. The number of pyridine rings is 1. The normalized spacial score (nSPS) is 10.7. The molecule has 1 aromatic carbocycles. The second-order valence-electron chi connectivity index (χ2n) is 3.99. The number of anilines is 2. The summed E-state index contributed by atoms with van der Waals surface area (Å²) in [6.45, 7) is 0.587. The van der Waals surface area contributed by atoms with Crippen molar-refractivity contribution in [3.8, 4) is 0 Å². The molecule has 90 valence electrons. The van der Waals surface area contributed by atoms with Crippen LogP contribution in [0.5, 0.6) is 0 Å². The highest BCUT2D eigenvalue weighted by molar-refractivity contribution is 5.83. The van der Waals surface area contributed by atoms with E-state index in [9.17, 15) is 0 Å². The van der Waals surface area contributed by atoms with E-state index in [4.69, 9.17) is 10.3 Å². The van der Waals surface area contributed by atoms with Crippen LogP contribution in [0, 0.1) is 0 Å². The Hall–Kier alpha value is -2.56. The summed E-state index contributed by atoms with van der Waals surface area (Å²) in [5, 5.41) is 8.04. The van der Waals surface area contributed by atoms with Crippen LogP contribution in [0.4, 0.5) is 11.5 Å². The SMILES string of the molecule is Nc1ccc2nc(NCc3ccon3)ccc2c1. The highest BCUT2D eigenvalue weighted by atomic mass is 16.5. The van der Waals surface area contributed by atoms with E-state index in [0.29, 0.717) is 6.54 Å². The summed E-state index contributed by atoms with van der Waals surface area (Å²) in [5.41, 5.74) is 8.22. The molecule has 5 nitrogen and oxygen atoms in total. The summed E-state index contributed by atoms with van der Waals surface area (Å²) in [7, 11) is 0. The summed E-state index contributed by atoms with van der Waals surface area (Å²) in [6.07, 6.45) is 1.55. The number of nitrogen functional groups attached to an aromatic ring is 1. The van der Waals surface area contributed by atoms with Crippen LogP contribution in [0.25, 0.3) is 10.9 Å². The Bertz CT molecular complexity index is 664. The number of fused-ring (bicyclic) bond motifs is 1. The minimum atomic E-state index is 0.587. The van der Waals surface area contributed by atoms with Gasteiger partial charge in [0.2, 0.25) is 0 Å². The summed E-state index contributed by atoms with van der Waals surface area (Å²) < 4.78 is 4.76. The number of benzene rings is 1. The van der Waals surface area contributed by atoms with Crippen molar-refractivity contribution in [2.24, 2.45) is 0 Å². The number of rotatable bonds is 3. The van der Waals surface area contributed by atoms with Gasteiger partial charge in [-0.1, -0.05) is 5.16 Å². The molecule has 0 saturated carbocycles. The van der Waals surface area contributed by atoms with Gasteiger partial charge in [-0.15, -0.1) is 0 Å². The molecule has 0 fully saturated rings. The Kier molecular flexibility index (Phi) is 2.57. The average Bonchev–Trinajstić information content (AvgIpc) is 2.89.